The molecule has 9 heteroatoms. The van der Waals surface area contributed by atoms with Crippen LogP contribution in [0, 0.1) is 5.82 Å². The third-order valence-corrected chi connectivity index (χ3v) is 6.14. The molecule has 0 radical (unpaired) electrons. The Morgan fingerprint density at radius 3 is 2.62 bits per heavy atom. The van der Waals surface area contributed by atoms with Gasteiger partial charge < -0.3 is 9.30 Å². The number of ether oxygens (including phenoxy) is 1. The topological polar surface area (TPSA) is 77.3 Å². The molecular formula is C15H19FN4O3S. The van der Waals surface area contributed by atoms with Gasteiger partial charge in [0.15, 0.2) is 5.82 Å². The zero-order chi connectivity index (χ0) is 17.3. The number of methoxy groups -OCH3 is 1. The number of sulfonamides is 1. The molecule has 2 aromatic rings. The van der Waals surface area contributed by atoms with E-state index in [4.69, 9.17) is 4.74 Å². The maximum atomic E-state index is 13.1. The van der Waals surface area contributed by atoms with Crippen molar-refractivity contribution < 1.29 is 17.5 Å². The van der Waals surface area contributed by atoms with Crippen LogP contribution in [0.4, 0.5) is 4.39 Å². The van der Waals surface area contributed by atoms with E-state index in [1.165, 1.54) is 16.4 Å². The van der Waals surface area contributed by atoms with E-state index >= 15 is 0 Å². The summed E-state index contributed by atoms with van der Waals surface area (Å²) in [6.45, 7) is 2.90. The smallest absolute Gasteiger partial charge is 0.243 e. The van der Waals surface area contributed by atoms with E-state index < -0.39 is 15.8 Å². The largest absolute Gasteiger partial charge is 0.377 e. The highest BCUT2D eigenvalue weighted by atomic mass is 32.2. The van der Waals surface area contributed by atoms with Gasteiger partial charge in [0.05, 0.1) is 4.90 Å². The van der Waals surface area contributed by atoms with Crippen molar-refractivity contribution in [3.8, 4) is 0 Å². The molecule has 24 heavy (non-hydrogen) atoms. The van der Waals surface area contributed by atoms with Crippen LogP contribution in [0.15, 0.2) is 29.2 Å². The van der Waals surface area contributed by atoms with E-state index in [2.05, 4.69) is 10.2 Å². The molecule has 3 rings (SSSR count). The minimum Gasteiger partial charge on any atom is -0.377 e. The average molecular weight is 354 g/mol. The molecule has 1 aliphatic rings. The summed E-state index contributed by atoms with van der Waals surface area (Å²) in [6, 6.07) is 4.61. The predicted molar refractivity (Wildman–Crippen MR) is 84.2 cm³/mol. The fourth-order valence-electron chi connectivity index (χ4n) is 2.90. The van der Waals surface area contributed by atoms with Crippen LogP contribution >= 0.6 is 0 Å². The first kappa shape index (κ1) is 17.0. The van der Waals surface area contributed by atoms with Gasteiger partial charge in [0, 0.05) is 32.7 Å². The van der Waals surface area contributed by atoms with E-state index in [0.717, 1.165) is 18.0 Å². The first-order valence-electron chi connectivity index (χ1n) is 7.61. The normalized spacial score (nSPS) is 19.0. The summed E-state index contributed by atoms with van der Waals surface area (Å²) in [6.07, 6.45) is 0.455. The van der Waals surface area contributed by atoms with Gasteiger partial charge in [0.25, 0.3) is 0 Å². The lowest BCUT2D eigenvalue weighted by Crippen LogP contribution is -2.40. The SMILES string of the molecule is COCc1nnc2n1CCN(S(=O)(=O)c1ccc(F)cc1)C(C)C2. The Morgan fingerprint density at radius 2 is 1.96 bits per heavy atom. The van der Waals surface area contributed by atoms with Crippen LogP contribution in [0.3, 0.4) is 0 Å². The fraction of sp³-hybridized carbons (Fsp3) is 0.467. The van der Waals surface area contributed by atoms with Gasteiger partial charge in [-0.25, -0.2) is 12.8 Å². The average Bonchev–Trinajstić information content (AvgIpc) is 2.81. The third kappa shape index (κ3) is 3.06. The highest BCUT2D eigenvalue weighted by molar-refractivity contribution is 7.89. The second kappa shape index (κ2) is 6.58. The Kier molecular flexibility index (Phi) is 4.66. The minimum atomic E-state index is -3.70. The number of rotatable bonds is 4. The standard InChI is InChI=1S/C15H19FN4O3S/c1-11-9-14-17-18-15(10-23-2)19(14)7-8-20(11)24(21,22)13-5-3-12(16)4-6-13/h3-6,11H,7-10H2,1-2H3. The van der Waals surface area contributed by atoms with Crippen molar-refractivity contribution in [3.05, 3.63) is 41.7 Å². The quantitative estimate of drug-likeness (QED) is 0.824. The van der Waals surface area contributed by atoms with Gasteiger partial charge in [-0.1, -0.05) is 0 Å². The molecule has 0 spiro atoms. The number of benzene rings is 1. The number of halogens is 1. The molecule has 7 nitrogen and oxygen atoms in total. The first-order valence-corrected chi connectivity index (χ1v) is 9.05. The molecule has 1 aromatic heterocycles. The molecule has 130 valence electrons. The van der Waals surface area contributed by atoms with Crippen molar-refractivity contribution in [1.29, 1.82) is 0 Å². The minimum absolute atomic E-state index is 0.0885. The fourth-order valence-corrected chi connectivity index (χ4v) is 4.52. The predicted octanol–water partition coefficient (Wildman–Crippen LogP) is 1.20. The van der Waals surface area contributed by atoms with Gasteiger partial charge in [-0.2, -0.15) is 4.31 Å². The number of fused-ring (bicyclic) bond motifs is 1. The second-order valence-corrected chi connectivity index (χ2v) is 7.63. The van der Waals surface area contributed by atoms with Gasteiger partial charge in [-0.05, 0) is 31.2 Å². The Bertz CT molecular complexity index is 820. The van der Waals surface area contributed by atoms with Crippen LogP contribution in [-0.4, -0.2) is 47.2 Å². The van der Waals surface area contributed by atoms with Gasteiger partial charge in [-0.3, -0.25) is 0 Å². The molecule has 1 unspecified atom stereocenters. The molecular weight excluding hydrogens is 335 g/mol. The van der Waals surface area contributed by atoms with E-state index in [1.807, 2.05) is 11.5 Å². The van der Waals surface area contributed by atoms with Crippen LogP contribution < -0.4 is 0 Å². The van der Waals surface area contributed by atoms with Crippen molar-refractivity contribution >= 4 is 10.0 Å². The molecule has 1 atom stereocenters. The Morgan fingerprint density at radius 1 is 1.25 bits per heavy atom. The molecule has 0 saturated heterocycles. The van der Waals surface area contributed by atoms with E-state index in [9.17, 15) is 12.8 Å². The van der Waals surface area contributed by atoms with Crippen molar-refractivity contribution in [3.63, 3.8) is 0 Å². The van der Waals surface area contributed by atoms with Gasteiger partial charge >= 0.3 is 0 Å². The van der Waals surface area contributed by atoms with Gasteiger partial charge in [0.2, 0.25) is 10.0 Å². The Balaban J connectivity index is 1.89. The molecule has 1 aliphatic heterocycles. The van der Waals surface area contributed by atoms with Gasteiger partial charge in [0.1, 0.15) is 18.2 Å². The summed E-state index contributed by atoms with van der Waals surface area (Å²) in [5, 5.41) is 8.25. The maximum Gasteiger partial charge on any atom is 0.243 e. The summed E-state index contributed by atoms with van der Waals surface area (Å²) >= 11 is 0. The summed E-state index contributed by atoms with van der Waals surface area (Å²) in [7, 11) is -2.12. The number of aromatic nitrogens is 3. The summed E-state index contributed by atoms with van der Waals surface area (Å²) in [5.41, 5.74) is 0. The third-order valence-electron chi connectivity index (χ3n) is 4.11. The van der Waals surface area contributed by atoms with Crippen molar-refractivity contribution in [1.82, 2.24) is 19.1 Å². The van der Waals surface area contributed by atoms with Crippen LogP contribution in [0.2, 0.25) is 0 Å². The molecule has 0 amide bonds. The lowest BCUT2D eigenvalue weighted by molar-refractivity contribution is 0.173. The van der Waals surface area contributed by atoms with E-state index in [-0.39, 0.29) is 10.9 Å². The monoisotopic (exact) mass is 354 g/mol. The number of hydrogen-bond acceptors (Lipinski definition) is 5. The molecule has 0 bridgehead atoms. The van der Waals surface area contributed by atoms with Gasteiger partial charge in [-0.15, -0.1) is 10.2 Å². The summed E-state index contributed by atoms with van der Waals surface area (Å²) in [4.78, 5) is 0.0885. The first-order chi connectivity index (χ1) is 11.4. The lowest BCUT2D eigenvalue weighted by atomic mass is 10.2. The number of hydrogen-bond donors (Lipinski definition) is 0. The lowest BCUT2D eigenvalue weighted by Gasteiger charge is -2.25. The number of nitrogens with zero attached hydrogens (tertiary/aromatic N) is 4. The van der Waals surface area contributed by atoms with Crippen molar-refractivity contribution in [2.75, 3.05) is 13.7 Å². The maximum absolute atomic E-state index is 13.1. The second-order valence-electron chi connectivity index (χ2n) is 5.74. The van der Waals surface area contributed by atoms with Crippen molar-refractivity contribution in [2.45, 2.75) is 37.4 Å². The van der Waals surface area contributed by atoms with Crippen LogP contribution in [0.5, 0.6) is 0 Å². The zero-order valence-electron chi connectivity index (χ0n) is 13.5. The Labute approximate surface area is 140 Å². The molecule has 0 N–H and O–H groups in total. The molecule has 0 fully saturated rings. The Hall–Kier alpha value is -1.84. The van der Waals surface area contributed by atoms with Crippen LogP contribution in [0.1, 0.15) is 18.6 Å². The van der Waals surface area contributed by atoms with E-state index in [0.29, 0.717) is 31.9 Å². The van der Waals surface area contributed by atoms with Crippen molar-refractivity contribution in [2.24, 2.45) is 0 Å². The zero-order valence-corrected chi connectivity index (χ0v) is 14.3. The highest BCUT2D eigenvalue weighted by Gasteiger charge is 2.33. The highest BCUT2D eigenvalue weighted by Crippen LogP contribution is 2.23. The summed E-state index contributed by atoms with van der Waals surface area (Å²) in [5.74, 6) is 0.959. The van der Waals surface area contributed by atoms with Crippen LogP contribution in [-0.2, 0) is 34.3 Å². The van der Waals surface area contributed by atoms with Crippen LogP contribution in [0.25, 0.3) is 0 Å². The molecule has 0 saturated carbocycles. The molecule has 0 aliphatic carbocycles. The van der Waals surface area contributed by atoms with E-state index in [1.54, 1.807) is 7.11 Å². The molecule has 2 heterocycles. The summed E-state index contributed by atoms with van der Waals surface area (Å²) < 4.78 is 47.3. The molecule has 1 aromatic carbocycles.